The van der Waals surface area contributed by atoms with Crippen molar-refractivity contribution in [3.8, 4) is 0 Å². The second-order valence-electron chi connectivity index (χ2n) is 11.4. The van der Waals surface area contributed by atoms with Crippen LogP contribution in [0.5, 0.6) is 0 Å². The standard InChI is InChI=1S/C23H16F30O2S2/c1-9(3-2-8(54)55,56-6-4-10(24,25)12(28,29)14(32,33)16(36,37)18(40,41)20(44,45)22(48,49)50)57-7-5-11(26,27)13(30,31)15(34,35)17(38,39)19(42,43)21(46,47)23(51,52)53/h2-7H2,1H3,(H,54,55). The van der Waals surface area contributed by atoms with E-state index in [1.54, 1.807) is 0 Å². The molecule has 34 heteroatoms. The van der Waals surface area contributed by atoms with Gasteiger partial charge in [-0.3, -0.25) is 4.79 Å². The van der Waals surface area contributed by atoms with E-state index in [9.17, 15) is 137 Å². The Hall–Kier alpha value is -1.93. The van der Waals surface area contributed by atoms with Crippen molar-refractivity contribution in [2.75, 3.05) is 11.5 Å². The highest BCUT2D eigenvalue weighted by molar-refractivity contribution is 8.18. The zero-order valence-electron chi connectivity index (χ0n) is 26.3. The molecule has 0 aromatic rings. The molecule has 0 radical (unpaired) electrons. The molecule has 0 bridgehead atoms. The minimum absolute atomic E-state index is 0.350. The second kappa shape index (κ2) is 15.5. The molecule has 0 aliphatic carbocycles. The van der Waals surface area contributed by atoms with Crippen LogP contribution < -0.4 is 0 Å². The minimum atomic E-state index is -8.70. The number of hydrogen-bond acceptors (Lipinski definition) is 3. The molecule has 0 aliphatic heterocycles. The zero-order valence-corrected chi connectivity index (χ0v) is 27.9. The number of carbonyl (C=O) groups is 1. The van der Waals surface area contributed by atoms with Gasteiger partial charge < -0.3 is 5.11 Å². The molecular formula is C23H16F30O2S2. The summed E-state index contributed by atoms with van der Waals surface area (Å²) < 4.78 is 399. The molecule has 0 rings (SSSR count). The van der Waals surface area contributed by atoms with Gasteiger partial charge in [-0.2, -0.15) is 132 Å². The molecule has 0 aromatic carbocycles. The smallest absolute Gasteiger partial charge is 0.460 e. The van der Waals surface area contributed by atoms with Gasteiger partial charge in [0, 0.05) is 30.8 Å². The van der Waals surface area contributed by atoms with E-state index < -0.39 is 154 Å². The Morgan fingerprint density at radius 2 is 0.579 bits per heavy atom. The number of carboxylic acids is 1. The highest BCUT2D eigenvalue weighted by atomic mass is 32.2. The molecule has 0 heterocycles. The van der Waals surface area contributed by atoms with Gasteiger partial charge >= 0.3 is 89.4 Å². The van der Waals surface area contributed by atoms with Crippen LogP contribution in [0.15, 0.2) is 0 Å². The van der Waals surface area contributed by atoms with E-state index in [-0.39, 0.29) is 0 Å². The monoisotopic (exact) mass is 958 g/mol. The van der Waals surface area contributed by atoms with Crippen LogP contribution in [0.25, 0.3) is 0 Å². The van der Waals surface area contributed by atoms with E-state index in [0.717, 1.165) is 0 Å². The van der Waals surface area contributed by atoms with E-state index in [4.69, 9.17) is 5.11 Å². The summed E-state index contributed by atoms with van der Waals surface area (Å²) in [5, 5.41) is 8.74. The molecule has 0 unspecified atom stereocenters. The molecule has 0 atom stereocenters. The lowest BCUT2D eigenvalue weighted by Crippen LogP contribution is -2.72. The van der Waals surface area contributed by atoms with Crippen LogP contribution in [-0.2, 0) is 4.79 Å². The topological polar surface area (TPSA) is 37.3 Å². The van der Waals surface area contributed by atoms with Crippen LogP contribution in [0.4, 0.5) is 132 Å². The van der Waals surface area contributed by atoms with Gasteiger partial charge in [-0.05, 0) is 13.3 Å². The molecule has 0 fully saturated rings. The minimum Gasteiger partial charge on any atom is -0.481 e. The lowest BCUT2D eigenvalue weighted by atomic mass is 9.90. The Balaban J connectivity index is 6.48. The Morgan fingerprint density at radius 3 is 0.789 bits per heavy atom. The third-order valence-electron chi connectivity index (χ3n) is 7.23. The van der Waals surface area contributed by atoms with E-state index in [2.05, 4.69) is 0 Å². The summed E-state index contributed by atoms with van der Waals surface area (Å²) in [5.41, 5.74) is 0. The van der Waals surface area contributed by atoms with Crippen LogP contribution in [0.2, 0.25) is 0 Å². The van der Waals surface area contributed by atoms with Gasteiger partial charge in [0.1, 0.15) is 0 Å². The van der Waals surface area contributed by atoms with Crippen molar-refractivity contribution >= 4 is 29.5 Å². The predicted molar refractivity (Wildman–Crippen MR) is 131 cm³/mol. The summed E-state index contributed by atoms with van der Waals surface area (Å²) in [7, 11) is 0. The fraction of sp³-hybridized carbons (Fsp3) is 0.957. The first kappa shape index (κ1) is 55.1. The normalized spacial score (nSPS) is 16.3. The maximum absolute atomic E-state index is 14.2. The molecule has 0 amide bonds. The second-order valence-corrected chi connectivity index (χ2v) is 14.8. The average molecular weight is 958 g/mol. The van der Waals surface area contributed by atoms with Crippen molar-refractivity contribution in [2.45, 2.75) is 120 Å². The van der Waals surface area contributed by atoms with Crippen molar-refractivity contribution in [1.29, 1.82) is 0 Å². The van der Waals surface area contributed by atoms with E-state index >= 15 is 0 Å². The molecule has 0 saturated carbocycles. The molecule has 342 valence electrons. The predicted octanol–water partition coefficient (Wildman–Crippen LogP) is 12.6. The first-order valence-corrected chi connectivity index (χ1v) is 15.5. The van der Waals surface area contributed by atoms with Gasteiger partial charge in [-0.25, -0.2) is 0 Å². The van der Waals surface area contributed by atoms with Crippen LogP contribution in [0.1, 0.15) is 32.6 Å². The Bertz CT molecular complexity index is 1310. The quantitative estimate of drug-likeness (QED) is 0.0919. The maximum Gasteiger partial charge on any atom is 0.460 e. The van der Waals surface area contributed by atoms with Gasteiger partial charge in [-0.15, -0.1) is 23.5 Å². The Kier molecular flexibility index (Phi) is 15.0. The highest BCUT2D eigenvalue weighted by Crippen LogP contribution is 2.65. The van der Waals surface area contributed by atoms with Crippen molar-refractivity contribution in [1.82, 2.24) is 0 Å². The number of thioether (sulfide) groups is 2. The van der Waals surface area contributed by atoms with Gasteiger partial charge in [-0.1, -0.05) is 0 Å². The van der Waals surface area contributed by atoms with Gasteiger partial charge in [0.15, 0.2) is 0 Å². The largest absolute Gasteiger partial charge is 0.481 e. The molecule has 0 saturated heterocycles. The molecule has 0 aromatic heterocycles. The third kappa shape index (κ3) is 8.94. The SMILES string of the molecule is CC(CCC(=O)O)(SCCC(F)(F)C(F)(F)C(F)(F)C(F)(F)C(F)(F)C(F)(F)C(F)(F)F)SCCC(F)(F)C(F)(F)C(F)(F)C(F)(F)C(F)(F)C(F)(F)C(F)(F)F. The van der Waals surface area contributed by atoms with E-state index in [1.807, 2.05) is 0 Å². The van der Waals surface area contributed by atoms with Gasteiger partial charge in [0.2, 0.25) is 0 Å². The summed E-state index contributed by atoms with van der Waals surface area (Å²) in [4.78, 5) is 10.9. The molecular weight excluding hydrogens is 942 g/mol. The number of alkyl halides is 30. The molecule has 1 N–H and O–H groups in total. The Labute approximate surface area is 303 Å². The lowest BCUT2D eigenvalue weighted by Gasteiger charge is -2.41. The summed E-state index contributed by atoms with van der Waals surface area (Å²) in [6, 6.07) is 0. The third-order valence-corrected chi connectivity index (χ3v) is 10.4. The van der Waals surface area contributed by atoms with Crippen molar-refractivity contribution in [2.24, 2.45) is 0 Å². The number of hydrogen-bond donors (Lipinski definition) is 1. The van der Waals surface area contributed by atoms with Crippen LogP contribution in [0.3, 0.4) is 0 Å². The molecule has 0 aliphatic rings. The van der Waals surface area contributed by atoms with Gasteiger partial charge in [0.25, 0.3) is 0 Å². The molecule has 2 nitrogen and oxygen atoms in total. The summed E-state index contributed by atoms with van der Waals surface area (Å²) in [6.07, 6.45) is -24.8. The Morgan fingerprint density at radius 1 is 0.368 bits per heavy atom. The van der Waals surface area contributed by atoms with Crippen LogP contribution in [-0.4, -0.2) is 110 Å². The number of halogens is 30. The fourth-order valence-corrected chi connectivity index (χ4v) is 6.53. The summed E-state index contributed by atoms with van der Waals surface area (Å²) in [5.74, 6) is -105. The van der Waals surface area contributed by atoms with Crippen molar-refractivity contribution in [3.63, 3.8) is 0 Å². The van der Waals surface area contributed by atoms with Crippen LogP contribution in [0, 0.1) is 0 Å². The summed E-state index contributed by atoms with van der Waals surface area (Å²) >= 11 is -1.27. The van der Waals surface area contributed by atoms with Gasteiger partial charge in [0.05, 0.1) is 4.08 Å². The molecule has 57 heavy (non-hydrogen) atoms. The maximum atomic E-state index is 14.2. The highest BCUT2D eigenvalue weighted by Gasteiger charge is 2.94. The first-order valence-electron chi connectivity index (χ1n) is 13.5. The number of carboxylic acid groups (broad SMARTS) is 1. The lowest BCUT2D eigenvalue weighted by molar-refractivity contribution is -0.452. The van der Waals surface area contributed by atoms with Crippen molar-refractivity contribution < 1.29 is 142 Å². The van der Waals surface area contributed by atoms with E-state index in [1.165, 1.54) is 0 Å². The first-order chi connectivity index (χ1) is 24.3. The average Bonchev–Trinajstić information content (AvgIpc) is 2.97. The fourth-order valence-electron chi connectivity index (χ4n) is 3.62. The summed E-state index contributed by atoms with van der Waals surface area (Å²) in [6.45, 7) is 0.350. The number of aliphatic carboxylic acids is 1. The van der Waals surface area contributed by atoms with E-state index in [0.29, 0.717) is 6.92 Å². The molecule has 0 spiro atoms. The van der Waals surface area contributed by atoms with Crippen LogP contribution >= 0.6 is 23.5 Å². The number of rotatable bonds is 21. The van der Waals surface area contributed by atoms with Crippen molar-refractivity contribution in [3.05, 3.63) is 0 Å². The zero-order chi connectivity index (χ0) is 46.7.